The Labute approximate surface area is 193 Å². The number of pyridine rings is 1. The summed E-state index contributed by atoms with van der Waals surface area (Å²) in [6.07, 6.45) is 5.82. The van der Waals surface area contributed by atoms with Crippen molar-refractivity contribution in [2.24, 2.45) is 0 Å². The van der Waals surface area contributed by atoms with Crippen LogP contribution in [0.1, 0.15) is 36.2 Å². The summed E-state index contributed by atoms with van der Waals surface area (Å²) in [6, 6.07) is 21.0. The Bertz CT molecular complexity index is 1260. The van der Waals surface area contributed by atoms with Crippen molar-refractivity contribution in [2.45, 2.75) is 32.1 Å². The van der Waals surface area contributed by atoms with Crippen LogP contribution in [-0.2, 0) is 12.8 Å². The van der Waals surface area contributed by atoms with Gasteiger partial charge in [-0.25, -0.2) is 9.50 Å². The fourth-order valence-electron chi connectivity index (χ4n) is 4.82. The molecule has 2 aromatic carbocycles. The third kappa shape index (κ3) is 4.31. The van der Waals surface area contributed by atoms with Crippen LogP contribution in [-0.4, -0.2) is 45.9 Å². The molecule has 6 heteroatoms. The van der Waals surface area contributed by atoms with E-state index >= 15 is 0 Å². The van der Waals surface area contributed by atoms with Gasteiger partial charge in [0.1, 0.15) is 0 Å². The number of fused-ring (bicyclic) bond motifs is 2. The van der Waals surface area contributed by atoms with E-state index in [0.717, 1.165) is 47.1 Å². The Morgan fingerprint density at radius 2 is 1.67 bits per heavy atom. The smallest absolute Gasteiger partial charge is 0.231 e. The van der Waals surface area contributed by atoms with Gasteiger partial charge in [-0.05, 0) is 86.8 Å². The maximum atomic E-state index is 5.55. The Morgan fingerprint density at radius 3 is 2.55 bits per heavy atom. The minimum absolute atomic E-state index is 0.272. The van der Waals surface area contributed by atoms with E-state index in [2.05, 4.69) is 35.2 Å². The van der Waals surface area contributed by atoms with Crippen molar-refractivity contribution < 1.29 is 9.47 Å². The molecular formula is C27H28N4O2. The van der Waals surface area contributed by atoms with E-state index in [0.29, 0.717) is 0 Å². The van der Waals surface area contributed by atoms with Crippen LogP contribution in [0.15, 0.2) is 60.7 Å². The summed E-state index contributed by atoms with van der Waals surface area (Å²) in [5, 5.41) is 4.82. The molecule has 0 spiro atoms. The van der Waals surface area contributed by atoms with Gasteiger partial charge in [0.15, 0.2) is 23.0 Å². The van der Waals surface area contributed by atoms with Gasteiger partial charge in [0.05, 0.1) is 5.69 Å². The maximum absolute atomic E-state index is 5.55. The fraction of sp³-hybridized carbons (Fsp3) is 0.333. The molecule has 4 heterocycles. The van der Waals surface area contributed by atoms with E-state index in [1.54, 1.807) is 0 Å². The molecular weight excluding hydrogens is 412 g/mol. The normalized spacial score (nSPS) is 15.5. The first-order valence-corrected chi connectivity index (χ1v) is 11.9. The molecule has 2 aromatic heterocycles. The van der Waals surface area contributed by atoms with Crippen LogP contribution in [0.5, 0.6) is 11.5 Å². The summed E-state index contributed by atoms with van der Waals surface area (Å²) in [4.78, 5) is 7.36. The first-order chi connectivity index (χ1) is 16.3. The second kappa shape index (κ2) is 8.87. The number of aromatic nitrogens is 3. The summed E-state index contributed by atoms with van der Waals surface area (Å²) in [5.74, 6) is 2.38. The van der Waals surface area contributed by atoms with Crippen molar-refractivity contribution in [2.75, 3.05) is 26.4 Å². The van der Waals surface area contributed by atoms with Crippen LogP contribution in [0.4, 0.5) is 0 Å². The highest BCUT2D eigenvalue weighted by Gasteiger charge is 2.16. The zero-order valence-electron chi connectivity index (χ0n) is 18.7. The van der Waals surface area contributed by atoms with Crippen LogP contribution in [0.2, 0.25) is 0 Å². The molecule has 0 N–H and O–H groups in total. The van der Waals surface area contributed by atoms with Crippen molar-refractivity contribution in [3.05, 3.63) is 77.6 Å². The highest BCUT2D eigenvalue weighted by atomic mass is 16.7. The molecule has 2 aliphatic rings. The van der Waals surface area contributed by atoms with Gasteiger partial charge in [-0.15, -0.1) is 0 Å². The molecule has 4 aromatic rings. The molecule has 33 heavy (non-hydrogen) atoms. The van der Waals surface area contributed by atoms with E-state index in [1.165, 1.54) is 50.0 Å². The molecule has 168 valence electrons. The molecule has 0 aliphatic carbocycles. The van der Waals surface area contributed by atoms with Crippen LogP contribution in [0, 0.1) is 0 Å². The van der Waals surface area contributed by atoms with Gasteiger partial charge >= 0.3 is 0 Å². The number of likely N-dealkylation sites (tertiary alicyclic amines) is 1. The molecule has 0 amide bonds. The lowest BCUT2D eigenvalue weighted by molar-refractivity contribution is 0.174. The van der Waals surface area contributed by atoms with Crippen molar-refractivity contribution in [1.82, 2.24) is 19.5 Å². The average Bonchev–Trinajstić information content (AvgIpc) is 3.60. The molecule has 0 saturated carbocycles. The fourth-order valence-corrected chi connectivity index (χ4v) is 4.82. The predicted molar refractivity (Wildman–Crippen MR) is 128 cm³/mol. The second-order valence-electron chi connectivity index (χ2n) is 8.92. The summed E-state index contributed by atoms with van der Waals surface area (Å²) in [6.45, 7) is 4.05. The zero-order chi connectivity index (χ0) is 22.0. The van der Waals surface area contributed by atoms with E-state index < -0.39 is 0 Å². The standard InChI is InChI=1S/C27H28N4O2/c1-2-15-30(14-1)16-4-5-20-8-10-21(11-9-20)17-26-28-27-7-3-6-23(31(27)29-26)22-12-13-24-25(18-22)33-19-32-24/h3,6-13,18H,1-2,4-5,14-17,19H2. The van der Waals surface area contributed by atoms with E-state index in [-0.39, 0.29) is 6.79 Å². The summed E-state index contributed by atoms with van der Waals surface area (Å²) in [7, 11) is 0. The lowest BCUT2D eigenvalue weighted by atomic mass is 10.1. The van der Waals surface area contributed by atoms with Gasteiger partial charge in [-0.1, -0.05) is 30.3 Å². The molecule has 6 nitrogen and oxygen atoms in total. The number of nitrogens with zero attached hydrogens (tertiary/aromatic N) is 4. The zero-order valence-corrected chi connectivity index (χ0v) is 18.7. The Kier molecular flexibility index (Phi) is 5.44. The average molecular weight is 441 g/mol. The van der Waals surface area contributed by atoms with Gasteiger partial charge in [0, 0.05) is 12.0 Å². The molecule has 1 fully saturated rings. The maximum Gasteiger partial charge on any atom is 0.231 e. The van der Waals surface area contributed by atoms with Gasteiger partial charge in [-0.3, -0.25) is 0 Å². The molecule has 2 aliphatic heterocycles. The lowest BCUT2D eigenvalue weighted by Crippen LogP contribution is -2.20. The number of ether oxygens (including phenoxy) is 2. The van der Waals surface area contributed by atoms with Crippen LogP contribution >= 0.6 is 0 Å². The number of rotatable bonds is 7. The molecule has 0 atom stereocenters. The monoisotopic (exact) mass is 440 g/mol. The van der Waals surface area contributed by atoms with Gasteiger partial charge in [0.25, 0.3) is 0 Å². The molecule has 0 unspecified atom stereocenters. The minimum Gasteiger partial charge on any atom is -0.454 e. The minimum atomic E-state index is 0.272. The van der Waals surface area contributed by atoms with Crippen molar-refractivity contribution in [3.8, 4) is 22.8 Å². The predicted octanol–water partition coefficient (Wildman–Crippen LogP) is 4.74. The summed E-state index contributed by atoms with van der Waals surface area (Å²) >= 11 is 0. The topological polar surface area (TPSA) is 51.9 Å². The highest BCUT2D eigenvalue weighted by Crippen LogP contribution is 2.35. The molecule has 0 bridgehead atoms. The van der Waals surface area contributed by atoms with Crippen molar-refractivity contribution in [3.63, 3.8) is 0 Å². The SMILES string of the molecule is c1cc(-c2ccc3c(c2)OCO3)n2nc(Cc3ccc(CCCN4CCCC4)cc3)nc2c1. The van der Waals surface area contributed by atoms with Crippen LogP contribution < -0.4 is 9.47 Å². The molecule has 6 rings (SSSR count). The Hall–Kier alpha value is -3.38. The van der Waals surface area contributed by atoms with Gasteiger partial charge in [0.2, 0.25) is 6.79 Å². The van der Waals surface area contributed by atoms with Crippen molar-refractivity contribution >= 4 is 5.65 Å². The van der Waals surface area contributed by atoms with Crippen molar-refractivity contribution in [1.29, 1.82) is 0 Å². The summed E-state index contributed by atoms with van der Waals surface area (Å²) < 4.78 is 12.9. The van der Waals surface area contributed by atoms with Crippen LogP contribution in [0.25, 0.3) is 16.9 Å². The largest absolute Gasteiger partial charge is 0.454 e. The first kappa shape index (κ1) is 20.2. The lowest BCUT2D eigenvalue weighted by Gasteiger charge is -2.13. The number of aryl methyl sites for hydroxylation is 1. The second-order valence-corrected chi connectivity index (χ2v) is 8.92. The van der Waals surface area contributed by atoms with E-state index in [4.69, 9.17) is 19.6 Å². The molecule has 1 saturated heterocycles. The summed E-state index contributed by atoms with van der Waals surface area (Å²) in [5.41, 5.74) is 5.50. The van der Waals surface area contributed by atoms with Crippen LogP contribution in [0.3, 0.4) is 0 Å². The van der Waals surface area contributed by atoms with E-state index in [9.17, 15) is 0 Å². The van der Waals surface area contributed by atoms with E-state index in [1.807, 2.05) is 34.8 Å². The van der Waals surface area contributed by atoms with Gasteiger partial charge < -0.3 is 14.4 Å². The first-order valence-electron chi connectivity index (χ1n) is 11.9. The third-order valence-corrected chi connectivity index (χ3v) is 6.60. The number of hydrogen-bond donors (Lipinski definition) is 0. The molecule has 0 radical (unpaired) electrons. The highest BCUT2D eigenvalue weighted by molar-refractivity contribution is 5.67. The number of hydrogen-bond acceptors (Lipinski definition) is 5. The Morgan fingerprint density at radius 1 is 0.848 bits per heavy atom. The third-order valence-electron chi connectivity index (χ3n) is 6.60. The number of benzene rings is 2. The Balaban J connectivity index is 1.16. The quantitative estimate of drug-likeness (QED) is 0.415. The van der Waals surface area contributed by atoms with Gasteiger partial charge in [-0.2, -0.15) is 5.10 Å².